The number of ether oxygens (including phenoxy) is 14. The van der Waals surface area contributed by atoms with Crippen LogP contribution in [-0.4, -0.2) is 120 Å². The summed E-state index contributed by atoms with van der Waals surface area (Å²) in [5.74, 6) is -2.46. The molecule has 6 unspecified atom stereocenters. The van der Waals surface area contributed by atoms with Crippen molar-refractivity contribution in [3.05, 3.63) is 215 Å². The number of hydrogen-bond donors (Lipinski definition) is 0. The zero-order valence-corrected chi connectivity index (χ0v) is 56.4. The van der Waals surface area contributed by atoms with Crippen LogP contribution in [0.25, 0.3) is 0 Å². The van der Waals surface area contributed by atoms with E-state index in [0.717, 1.165) is 33.4 Å². The van der Waals surface area contributed by atoms with Crippen LogP contribution in [0.3, 0.4) is 0 Å². The van der Waals surface area contributed by atoms with Crippen molar-refractivity contribution in [1.29, 1.82) is 0 Å². The highest BCUT2D eigenvalue weighted by Gasteiger charge is 2.69. The van der Waals surface area contributed by atoms with Crippen molar-refractivity contribution < 1.29 is 70.7 Å². The standard InChI is InChI=1S/C76H98O15Si/c1-51(2)92(52(3)4,53(5)6)91-72-56(9)67(86-71-55(8)66(80-44-60-33-21-13-22-34-60)69(81-45-61-35-23-14-24-36-61)64(85-71)47-77-42-58-29-17-11-18-30-58)68(57(10)84-72)87-74-70(82-46-62-37-25-15-26-38-62)65(54(7)41-83-74)88-76-50-79-49-75(76,48-78-43-59-31-19-12-20-32-59)89-73(90-76)63-39-27-16-28-40-63/h11-40,51-57,64-74H,41-50H2,1-10H3/t54-,55-,56+,57?,64?,65?,66?,67?,68+,69-,70-,71+,72+,73-,74+,75?,76-/m1/s1. The average molecular weight is 1280 g/mol. The number of fused-ring (bicyclic) bond motifs is 1. The average Bonchev–Trinajstić information content (AvgIpc) is 1.55. The Labute approximate surface area is 546 Å². The Morgan fingerprint density at radius 2 is 0.924 bits per heavy atom. The Bertz CT molecular complexity index is 3100. The third kappa shape index (κ3) is 15.7. The molecule has 5 heterocycles. The summed E-state index contributed by atoms with van der Waals surface area (Å²) in [7, 11) is -2.57. The maximum absolute atomic E-state index is 7.73. The SMILES string of the molecule is CC1O[C@@H](O[Si](C(C)C)(C(C)C)C(C)C)[C@@H](C)C(O[C@@H]2OC(COCc3ccccc3)[C@@H](OCc3ccccc3)C(OCc3ccccc3)[C@H]2C)[C@H]1O[C@@H]1OC[C@@H](C)C(O[C@@]23COCC2(COCc2ccccc2)O[C@@H](c2ccccc2)O3)[C@H]1OCc1ccccc1. The topological polar surface area (TPSA) is 138 Å². The molecule has 15 nitrogen and oxygen atoms in total. The molecule has 0 saturated carbocycles. The monoisotopic (exact) mass is 1280 g/mol. The van der Waals surface area contributed by atoms with Gasteiger partial charge in [0, 0.05) is 23.3 Å². The zero-order valence-electron chi connectivity index (χ0n) is 55.4. The molecule has 496 valence electrons. The highest BCUT2D eigenvalue weighted by molar-refractivity contribution is 6.77. The van der Waals surface area contributed by atoms with Crippen LogP contribution in [-0.2, 0) is 104 Å². The van der Waals surface area contributed by atoms with Crippen LogP contribution in [0.15, 0.2) is 182 Å². The second-order valence-corrected chi connectivity index (χ2v) is 32.3. The minimum atomic E-state index is -2.57. The van der Waals surface area contributed by atoms with Gasteiger partial charge in [-0.15, -0.1) is 0 Å². The van der Waals surface area contributed by atoms with Gasteiger partial charge in [-0.05, 0) is 51.4 Å². The predicted octanol–water partition coefficient (Wildman–Crippen LogP) is 14.5. The van der Waals surface area contributed by atoms with Crippen LogP contribution in [0, 0.1) is 17.8 Å². The minimum absolute atomic E-state index is 0.0777. The largest absolute Gasteiger partial charge is 0.391 e. The fraction of sp³-hybridized carbons (Fsp3) is 0.526. The second kappa shape index (κ2) is 31.7. The molecular formula is C76H98O15Si. The lowest BCUT2D eigenvalue weighted by Crippen LogP contribution is -2.65. The third-order valence-corrected chi connectivity index (χ3v) is 25.4. The van der Waals surface area contributed by atoms with Gasteiger partial charge in [-0.25, -0.2) is 0 Å². The zero-order chi connectivity index (χ0) is 64.2. The van der Waals surface area contributed by atoms with E-state index in [2.05, 4.69) is 98.7 Å². The normalized spacial score (nSPS) is 31.7. The minimum Gasteiger partial charge on any atom is -0.391 e. The van der Waals surface area contributed by atoms with Gasteiger partial charge in [-0.3, -0.25) is 0 Å². The summed E-state index contributed by atoms with van der Waals surface area (Å²) < 4.78 is 107. The highest BCUT2D eigenvalue weighted by Crippen LogP contribution is 2.53. The fourth-order valence-corrected chi connectivity index (χ4v) is 19.9. The third-order valence-electron chi connectivity index (χ3n) is 19.4. The van der Waals surface area contributed by atoms with E-state index < -0.39 is 99.6 Å². The molecule has 17 atom stereocenters. The van der Waals surface area contributed by atoms with Gasteiger partial charge in [-0.1, -0.05) is 244 Å². The first-order valence-corrected chi connectivity index (χ1v) is 35.6. The van der Waals surface area contributed by atoms with Gasteiger partial charge >= 0.3 is 0 Å². The first-order valence-electron chi connectivity index (χ1n) is 33.4. The summed E-state index contributed by atoms with van der Waals surface area (Å²) in [6, 6.07) is 60.7. The maximum Gasteiger partial charge on any atom is 0.229 e. The number of benzene rings is 6. The molecule has 92 heavy (non-hydrogen) atoms. The Morgan fingerprint density at radius 1 is 0.457 bits per heavy atom. The highest BCUT2D eigenvalue weighted by atomic mass is 28.4. The van der Waals surface area contributed by atoms with Crippen molar-refractivity contribution in [3.8, 4) is 0 Å². The molecule has 0 spiro atoms. The summed E-state index contributed by atoms with van der Waals surface area (Å²) in [6.45, 7) is 24.7. The molecule has 0 amide bonds. The van der Waals surface area contributed by atoms with Crippen molar-refractivity contribution >= 4 is 8.32 Å². The summed E-state index contributed by atoms with van der Waals surface area (Å²) >= 11 is 0. The molecule has 0 aromatic heterocycles. The molecule has 0 bridgehead atoms. The van der Waals surface area contributed by atoms with E-state index in [4.69, 9.17) is 70.7 Å². The van der Waals surface area contributed by atoms with Gasteiger partial charge in [0.05, 0.1) is 83.9 Å². The van der Waals surface area contributed by atoms with Gasteiger partial charge in [-0.2, -0.15) is 0 Å². The molecular weight excluding hydrogens is 1180 g/mol. The molecule has 5 fully saturated rings. The molecule has 5 saturated heterocycles. The van der Waals surface area contributed by atoms with E-state index in [-0.39, 0.29) is 68.1 Å². The summed E-state index contributed by atoms with van der Waals surface area (Å²) in [5, 5.41) is 0. The molecule has 16 heteroatoms. The molecule has 0 aliphatic carbocycles. The molecule has 6 aromatic rings. The summed E-state index contributed by atoms with van der Waals surface area (Å²) in [6.07, 6.45) is -8.61. The van der Waals surface area contributed by atoms with E-state index >= 15 is 0 Å². The smallest absolute Gasteiger partial charge is 0.229 e. The van der Waals surface area contributed by atoms with Gasteiger partial charge in [0.15, 0.2) is 30.8 Å². The lowest BCUT2D eigenvalue weighted by Gasteiger charge is -2.53. The summed E-state index contributed by atoms with van der Waals surface area (Å²) in [5.41, 5.74) is 5.63. The van der Waals surface area contributed by atoms with Crippen LogP contribution in [0.2, 0.25) is 16.6 Å². The molecule has 0 N–H and O–H groups in total. The Hall–Kier alpha value is -5.06. The summed E-state index contributed by atoms with van der Waals surface area (Å²) in [4.78, 5) is 0. The molecule has 5 aliphatic rings. The van der Waals surface area contributed by atoms with Crippen molar-refractivity contribution in [2.24, 2.45) is 17.8 Å². The van der Waals surface area contributed by atoms with E-state index in [1.54, 1.807) is 0 Å². The van der Waals surface area contributed by atoms with Crippen molar-refractivity contribution in [1.82, 2.24) is 0 Å². The van der Waals surface area contributed by atoms with Gasteiger partial charge < -0.3 is 70.7 Å². The van der Waals surface area contributed by atoms with Gasteiger partial charge in [0.2, 0.25) is 14.1 Å². The van der Waals surface area contributed by atoms with Gasteiger partial charge in [0.25, 0.3) is 0 Å². The van der Waals surface area contributed by atoms with Crippen LogP contribution < -0.4 is 0 Å². The Kier molecular flexibility index (Phi) is 23.5. The van der Waals surface area contributed by atoms with Crippen molar-refractivity contribution in [2.45, 2.75) is 204 Å². The van der Waals surface area contributed by atoms with Crippen LogP contribution in [0.5, 0.6) is 0 Å². The molecule has 5 aliphatic heterocycles. The Balaban J connectivity index is 0.946. The number of rotatable bonds is 29. The van der Waals surface area contributed by atoms with Gasteiger partial charge in [0.1, 0.15) is 31.0 Å². The lowest BCUT2D eigenvalue weighted by atomic mass is 9.89. The van der Waals surface area contributed by atoms with Crippen LogP contribution >= 0.6 is 0 Å². The molecule has 6 aromatic carbocycles. The quantitative estimate of drug-likeness (QED) is 0.0411. The first kappa shape index (κ1) is 68.3. The first-order chi connectivity index (χ1) is 44.7. The van der Waals surface area contributed by atoms with Crippen LogP contribution in [0.1, 0.15) is 109 Å². The van der Waals surface area contributed by atoms with E-state index in [9.17, 15) is 0 Å². The van der Waals surface area contributed by atoms with E-state index in [1.165, 1.54) is 0 Å². The molecule has 0 radical (unpaired) electrons. The van der Waals surface area contributed by atoms with E-state index in [1.807, 2.05) is 153 Å². The van der Waals surface area contributed by atoms with Crippen LogP contribution in [0.4, 0.5) is 0 Å². The maximum atomic E-state index is 7.73. The number of hydrogen-bond acceptors (Lipinski definition) is 15. The lowest BCUT2D eigenvalue weighted by molar-refractivity contribution is -0.376. The fourth-order valence-electron chi connectivity index (χ4n) is 14.4. The van der Waals surface area contributed by atoms with Crippen molar-refractivity contribution in [2.75, 3.05) is 33.0 Å². The van der Waals surface area contributed by atoms with Crippen molar-refractivity contribution in [3.63, 3.8) is 0 Å². The van der Waals surface area contributed by atoms with E-state index in [0.29, 0.717) is 26.4 Å². The molecule has 11 rings (SSSR count). The second-order valence-electron chi connectivity index (χ2n) is 26.9. The predicted molar refractivity (Wildman–Crippen MR) is 352 cm³/mol. The Morgan fingerprint density at radius 3 is 1.46 bits per heavy atom.